The van der Waals surface area contributed by atoms with Crippen molar-refractivity contribution in [1.82, 2.24) is 0 Å². The summed E-state index contributed by atoms with van der Waals surface area (Å²) in [6.45, 7) is 0. The highest BCUT2D eigenvalue weighted by Crippen LogP contribution is 2.29. The average Bonchev–Trinajstić information content (AvgIpc) is 2.36. The molecule has 2 rings (SSSR count). The van der Waals surface area contributed by atoms with Crippen molar-refractivity contribution in [2.24, 2.45) is 0 Å². The Kier molecular flexibility index (Phi) is 3.33. The topological polar surface area (TPSA) is 72.5 Å². The van der Waals surface area contributed by atoms with Crippen molar-refractivity contribution in [2.45, 2.75) is 0 Å². The van der Waals surface area contributed by atoms with Gasteiger partial charge in [-0.1, -0.05) is 6.07 Å². The van der Waals surface area contributed by atoms with E-state index in [0.717, 1.165) is 6.07 Å². The van der Waals surface area contributed by atoms with Crippen LogP contribution in [0.4, 0.5) is 14.5 Å². The van der Waals surface area contributed by atoms with Crippen LogP contribution in [0.5, 0.6) is 11.5 Å². The van der Waals surface area contributed by atoms with Crippen molar-refractivity contribution in [3.05, 3.63) is 53.6 Å². The molecule has 0 aliphatic carbocycles. The first-order chi connectivity index (χ1) is 8.99. The third kappa shape index (κ3) is 2.62. The lowest BCUT2D eigenvalue weighted by Crippen LogP contribution is -2.02. The van der Waals surface area contributed by atoms with Crippen LogP contribution in [-0.4, -0.2) is 11.1 Å². The monoisotopic (exact) mass is 265 g/mol. The van der Waals surface area contributed by atoms with Crippen molar-refractivity contribution in [3.63, 3.8) is 0 Å². The molecule has 0 aliphatic rings. The van der Waals surface area contributed by atoms with Crippen LogP contribution in [-0.2, 0) is 0 Å². The fourth-order valence-corrected chi connectivity index (χ4v) is 1.49. The molecule has 2 aromatic rings. The second kappa shape index (κ2) is 4.93. The SMILES string of the molecule is Nc1ccc(Oc2cccc(F)c2F)c(C(=O)O)c1. The number of halogens is 2. The minimum Gasteiger partial charge on any atom is -0.478 e. The van der Waals surface area contributed by atoms with E-state index in [2.05, 4.69) is 0 Å². The molecule has 0 fully saturated rings. The molecule has 0 saturated carbocycles. The van der Waals surface area contributed by atoms with Gasteiger partial charge in [0.15, 0.2) is 11.6 Å². The third-order valence-electron chi connectivity index (χ3n) is 2.37. The maximum Gasteiger partial charge on any atom is 0.339 e. The minimum absolute atomic E-state index is 0.119. The average molecular weight is 265 g/mol. The molecule has 0 amide bonds. The number of ether oxygens (including phenoxy) is 1. The van der Waals surface area contributed by atoms with Gasteiger partial charge in [-0.2, -0.15) is 4.39 Å². The van der Waals surface area contributed by atoms with E-state index in [1.807, 2.05) is 0 Å². The van der Waals surface area contributed by atoms with Crippen molar-refractivity contribution in [1.29, 1.82) is 0 Å². The summed E-state index contributed by atoms with van der Waals surface area (Å²) in [6.07, 6.45) is 0. The normalized spacial score (nSPS) is 10.2. The summed E-state index contributed by atoms with van der Waals surface area (Å²) in [7, 11) is 0. The van der Waals surface area contributed by atoms with Gasteiger partial charge >= 0.3 is 5.97 Å². The molecule has 0 heterocycles. The molecule has 0 bridgehead atoms. The molecule has 4 nitrogen and oxygen atoms in total. The third-order valence-corrected chi connectivity index (χ3v) is 2.37. The summed E-state index contributed by atoms with van der Waals surface area (Å²) in [4.78, 5) is 11.0. The number of benzene rings is 2. The summed E-state index contributed by atoms with van der Waals surface area (Å²) in [5.74, 6) is -4.06. The van der Waals surface area contributed by atoms with E-state index in [-0.39, 0.29) is 17.0 Å². The zero-order chi connectivity index (χ0) is 14.0. The Morgan fingerprint density at radius 3 is 2.58 bits per heavy atom. The Morgan fingerprint density at radius 1 is 1.16 bits per heavy atom. The van der Waals surface area contributed by atoms with Gasteiger partial charge in [0.05, 0.1) is 0 Å². The summed E-state index contributed by atoms with van der Waals surface area (Å²) in [6, 6.07) is 7.24. The van der Waals surface area contributed by atoms with E-state index >= 15 is 0 Å². The molecule has 98 valence electrons. The second-order valence-corrected chi connectivity index (χ2v) is 3.71. The molecule has 0 saturated heterocycles. The highest BCUT2D eigenvalue weighted by Gasteiger charge is 2.15. The first-order valence-electron chi connectivity index (χ1n) is 5.23. The van der Waals surface area contributed by atoms with Crippen molar-refractivity contribution in [2.75, 3.05) is 5.73 Å². The van der Waals surface area contributed by atoms with Gasteiger partial charge in [-0.05, 0) is 30.3 Å². The van der Waals surface area contributed by atoms with Crippen LogP contribution in [0.1, 0.15) is 10.4 Å². The van der Waals surface area contributed by atoms with Crippen LogP contribution in [0.3, 0.4) is 0 Å². The number of hydrogen-bond donors (Lipinski definition) is 2. The lowest BCUT2D eigenvalue weighted by Gasteiger charge is -2.10. The van der Waals surface area contributed by atoms with Crippen LogP contribution >= 0.6 is 0 Å². The van der Waals surface area contributed by atoms with E-state index < -0.39 is 23.4 Å². The Balaban J connectivity index is 2.44. The molecule has 0 aromatic heterocycles. The zero-order valence-corrected chi connectivity index (χ0v) is 9.56. The van der Waals surface area contributed by atoms with Crippen LogP contribution in [0, 0.1) is 11.6 Å². The Bertz CT molecular complexity index is 644. The maximum absolute atomic E-state index is 13.4. The van der Waals surface area contributed by atoms with E-state index in [4.69, 9.17) is 15.6 Å². The molecule has 3 N–H and O–H groups in total. The van der Waals surface area contributed by atoms with Crippen molar-refractivity contribution < 1.29 is 23.4 Å². The fourth-order valence-electron chi connectivity index (χ4n) is 1.49. The van der Waals surface area contributed by atoms with Gasteiger partial charge in [0, 0.05) is 5.69 Å². The number of anilines is 1. The minimum atomic E-state index is -1.28. The van der Waals surface area contributed by atoms with Crippen LogP contribution in [0.15, 0.2) is 36.4 Å². The Morgan fingerprint density at radius 2 is 1.89 bits per heavy atom. The molecular weight excluding hydrogens is 256 g/mol. The Labute approximate surface area is 107 Å². The highest BCUT2D eigenvalue weighted by molar-refractivity contribution is 5.92. The number of carbonyl (C=O) groups is 1. The lowest BCUT2D eigenvalue weighted by molar-refractivity contribution is 0.0694. The van der Waals surface area contributed by atoms with Gasteiger partial charge in [-0.15, -0.1) is 0 Å². The zero-order valence-electron chi connectivity index (χ0n) is 9.56. The predicted molar refractivity (Wildman–Crippen MR) is 64.2 cm³/mol. The molecule has 0 unspecified atom stereocenters. The number of aromatic carboxylic acids is 1. The Hall–Kier alpha value is -2.63. The number of nitrogens with two attached hydrogens (primary N) is 1. The van der Waals surface area contributed by atoms with Gasteiger partial charge in [-0.3, -0.25) is 0 Å². The molecule has 0 radical (unpaired) electrons. The molecular formula is C13H9F2NO3. The summed E-state index contributed by atoms with van der Waals surface area (Å²) < 4.78 is 31.5. The van der Waals surface area contributed by atoms with Crippen LogP contribution in [0.2, 0.25) is 0 Å². The number of hydrogen-bond acceptors (Lipinski definition) is 3. The molecule has 2 aromatic carbocycles. The van der Waals surface area contributed by atoms with Gasteiger partial charge in [0.1, 0.15) is 11.3 Å². The van der Waals surface area contributed by atoms with Crippen molar-refractivity contribution >= 4 is 11.7 Å². The van der Waals surface area contributed by atoms with E-state index in [0.29, 0.717) is 0 Å². The van der Waals surface area contributed by atoms with Crippen LogP contribution in [0.25, 0.3) is 0 Å². The first-order valence-corrected chi connectivity index (χ1v) is 5.23. The molecule has 0 atom stereocenters. The molecule has 19 heavy (non-hydrogen) atoms. The second-order valence-electron chi connectivity index (χ2n) is 3.71. The number of carboxylic acid groups (broad SMARTS) is 1. The number of carboxylic acids is 1. The van der Waals surface area contributed by atoms with Crippen LogP contribution < -0.4 is 10.5 Å². The van der Waals surface area contributed by atoms with Gasteiger partial charge in [0.25, 0.3) is 0 Å². The van der Waals surface area contributed by atoms with E-state index in [1.165, 1.54) is 30.3 Å². The first kappa shape index (κ1) is 12.8. The van der Waals surface area contributed by atoms with Gasteiger partial charge in [0.2, 0.25) is 5.82 Å². The summed E-state index contributed by atoms with van der Waals surface area (Å²) >= 11 is 0. The number of nitrogen functional groups attached to an aromatic ring is 1. The summed E-state index contributed by atoms with van der Waals surface area (Å²) in [5.41, 5.74) is 5.45. The van der Waals surface area contributed by atoms with Crippen molar-refractivity contribution in [3.8, 4) is 11.5 Å². The number of rotatable bonds is 3. The molecule has 0 aliphatic heterocycles. The quantitative estimate of drug-likeness (QED) is 0.836. The fraction of sp³-hybridized carbons (Fsp3) is 0. The van der Waals surface area contributed by atoms with E-state index in [1.54, 1.807) is 0 Å². The largest absolute Gasteiger partial charge is 0.478 e. The predicted octanol–water partition coefficient (Wildman–Crippen LogP) is 3.04. The van der Waals surface area contributed by atoms with E-state index in [9.17, 15) is 13.6 Å². The van der Waals surface area contributed by atoms with Gasteiger partial charge < -0.3 is 15.6 Å². The maximum atomic E-state index is 13.4. The summed E-state index contributed by atoms with van der Waals surface area (Å²) in [5, 5.41) is 8.99. The molecule has 6 heteroatoms. The standard InChI is InChI=1S/C13H9F2NO3/c14-9-2-1-3-11(12(9)15)19-10-5-4-7(16)6-8(10)13(17)18/h1-6H,16H2,(H,17,18). The molecule has 0 spiro atoms. The van der Waals surface area contributed by atoms with Gasteiger partial charge in [-0.25, -0.2) is 9.18 Å². The lowest BCUT2D eigenvalue weighted by atomic mass is 10.2. The highest BCUT2D eigenvalue weighted by atomic mass is 19.2. The smallest absolute Gasteiger partial charge is 0.339 e.